The lowest BCUT2D eigenvalue weighted by Gasteiger charge is -2.25. The van der Waals surface area contributed by atoms with E-state index in [0.717, 1.165) is 50.1 Å². The molecular formula is C18H27NO2. The van der Waals surface area contributed by atoms with Crippen LogP contribution in [0.3, 0.4) is 0 Å². The van der Waals surface area contributed by atoms with Gasteiger partial charge in [-0.25, -0.2) is 0 Å². The molecule has 1 aromatic rings. The number of hydrogen-bond donors (Lipinski definition) is 1. The molecule has 3 nitrogen and oxygen atoms in total. The van der Waals surface area contributed by atoms with Crippen LogP contribution in [0, 0.1) is 5.41 Å². The SMILES string of the molecule is CC(C)(CCc1ccc2c(c1)OCCCO2)CNC1CC1. The minimum atomic E-state index is 0.340. The Hall–Kier alpha value is -1.22. The summed E-state index contributed by atoms with van der Waals surface area (Å²) in [6, 6.07) is 7.19. The van der Waals surface area contributed by atoms with Gasteiger partial charge in [-0.1, -0.05) is 19.9 Å². The van der Waals surface area contributed by atoms with Crippen LogP contribution in [0.4, 0.5) is 0 Å². The second kappa shape index (κ2) is 6.27. The van der Waals surface area contributed by atoms with Gasteiger partial charge >= 0.3 is 0 Å². The van der Waals surface area contributed by atoms with Crippen molar-refractivity contribution in [1.29, 1.82) is 0 Å². The van der Waals surface area contributed by atoms with Crippen molar-refractivity contribution in [3.8, 4) is 11.5 Å². The van der Waals surface area contributed by atoms with Crippen molar-refractivity contribution < 1.29 is 9.47 Å². The molecule has 0 amide bonds. The van der Waals surface area contributed by atoms with Crippen LogP contribution in [0.5, 0.6) is 11.5 Å². The Bertz CT molecular complexity index is 480. The van der Waals surface area contributed by atoms with Gasteiger partial charge in [-0.05, 0) is 48.8 Å². The predicted molar refractivity (Wildman–Crippen MR) is 85.2 cm³/mol. The molecule has 0 saturated heterocycles. The summed E-state index contributed by atoms with van der Waals surface area (Å²) >= 11 is 0. The molecule has 116 valence electrons. The fraction of sp³-hybridized carbons (Fsp3) is 0.667. The van der Waals surface area contributed by atoms with Gasteiger partial charge in [-0.2, -0.15) is 0 Å². The van der Waals surface area contributed by atoms with Crippen LogP contribution in [0.25, 0.3) is 0 Å². The van der Waals surface area contributed by atoms with Crippen LogP contribution in [0.2, 0.25) is 0 Å². The van der Waals surface area contributed by atoms with Crippen LogP contribution in [0.1, 0.15) is 45.1 Å². The molecule has 0 atom stereocenters. The van der Waals surface area contributed by atoms with Gasteiger partial charge in [0.1, 0.15) is 0 Å². The summed E-state index contributed by atoms with van der Waals surface area (Å²) in [4.78, 5) is 0. The fourth-order valence-corrected chi connectivity index (χ4v) is 2.64. The Labute approximate surface area is 128 Å². The first-order chi connectivity index (χ1) is 10.1. The molecule has 1 fully saturated rings. The van der Waals surface area contributed by atoms with Gasteiger partial charge in [0.2, 0.25) is 0 Å². The summed E-state index contributed by atoms with van der Waals surface area (Å²) in [5, 5.41) is 3.65. The predicted octanol–water partition coefficient (Wildman–Crippen LogP) is 3.56. The van der Waals surface area contributed by atoms with E-state index in [1.54, 1.807) is 0 Å². The molecule has 0 spiro atoms. The first kappa shape index (κ1) is 14.7. The normalized spacial score (nSPS) is 18.4. The Morgan fingerprint density at radius 3 is 2.67 bits per heavy atom. The molecule has 0 bridgehead atoms. The first-order valence-electron chi connectivity index (χ1n) is 8.24. The summed E-state index contributed by atoms with van der Waals surface area (Å²) in [5.41, 5.74) is 1.69. The second-order valence-electron chi connectivity index (χ2n) is 7.15. The van der Waals surface area contributed by atoms with E-state index in [-0.39, 0.29) is 0 Å². The van der Waals surface area contributed by atoms with Crippen molar-refractivity contribution in [2.75, 3.05) is 19.8 Å². The van der Waals surface area contributed by atoms with E-state index < -0.39 is 0 Å². The Morgan fingerprint density at radius 1 is 1.14 bits per heavy atom. The molecule has 0 aromatic heterocycles. The number of rotatable bonds is 6. The van der Waals surface area contributed by atoms with Crippen molar-refractivity contribution in [1.82, 2.24) is 5.32 Å². The lowest BCUT2D eigenvalue weighted by Crippen LogP contribution is -2.31. The molecule has 3 rings (SSSR count). The minimum absolute atomic E-state index is 0.340. The Morgan fingerprint density at radius 2 is 1.90 bits per heavy atom. The fourth-order valence-electron chi connectivity index (χ4n) is 2.64. The zero-order valence-electron chi connectivity index (χ0n) is 13.3. The maximum atomic E-state index is 5.77. The van der Waals surface area contributed by atoms with E-state index in [1.165, 1.54) is 24.8 Å². The van der Waals surface area contributed by atoms with Crippen molar-refractivity contribution >= 4 is 0 Å². The number of nitrogens with one attached hydrogen (secondary N) is 1. The van der Waals surface area contributed by atoms with Gasteiger partial charge in [-0.15, -0.1) is 0 Å². The van der Waals surface area contributed by atoms with Crippen molar-refractivity contribution in [2.45, 2.75) is 52.0 Å². The average Bonchev–Trinajstić information content (AvgIpc) is 3.29. The molecule has 21 heavy (non-hydrogen) atoms. The van der Waals surface area contributed by atoms with Crippen LogP contribution in [-0.4, -0.2) is 25.8 Å². The largest absolute Gasteiger partial charge is 0.490 e. The van der Waals surface area contributed by atoms with E-state index in [4.69, 9.17) is 9.47 Å². The lowest BCUT2D eigenvalue weighted by molar-refractivity contribution is 0.296. The quantitative estimate of drug-likeness (QED) is 0.868. The lowest BCUT2D eigenvalue weighted by atomic mass is 9.86. The molecule has 1 heterocycles. The standard InChI is InChI=1S/C18H27NO2/c1-18(2,13-19-15-5-6-15)9-8-14-4-7-16-17(12-14)21-11-3-10-20-16/h4,7,12,15,19H,3,5-6,8-11,13H2,1-2H3. The molecule has 1 aromatic carbocycles. The zero-order valence-corrected chi connectivity index (χ0v) is 13.3. The number of fused-ring (bicyclic) bond motifs is 1. The molecule has 3 heteroatoms. The third-order valence-electron chi connectivity index (χ3n) is 4.35. The Balaban J connectivity index is 1.55. The number of benzene rings is 1. The van der Waals surface area contributed by atoms with Gasteiger partial charge in [-0.3, -0.25) is 0 Å². The highest BCUT2D eigenvalue weighted by Gasteiger charge is 2.25. The van der Waals surface area contributed by atoms with Crippen molar-refractivity contribution in [3.05, 3.63) is 23.8 Å². The summed E-state index contributed by atoms with van der Waals surface area (Å²) in [7, 11) is 0. The summed E-state index contributed by atoms with van der Waals surface area (Å²) < 4.78 is 11.5. The van der Waals surface area contributed by atoms with Crippen molar-refractivity contribution in [3.63, 3.8) is 0 Å². The summed E-state index contributed by atoms with van der Waals surface area (Å²) in [5.74, 6) is 1.81. The molecule has 0 radical (unpaired) electrons. The monoisotopic (exact) mass is 289 g/mol. The molecule has 1 saturated carbocycles. The maximum absolute atomic E-state index is 5.77. The van der Waals surface area contributed by atoms with Crippen LogP contribution < -0.4 is 14.8 Å². The van der Waals surface area contributed by atoms with Crippen molar-refractivity contribution in [2.24, 2.45) is 5.41 Å². The van der Waals surface area contributed by atoms with E-state index in [2.05, 4.69) is 37.4 Å². The van der Waals surface area contributed by atoms with Gasteiger partial charge in [0, 0.05) is 19.0 Å². The third-order valence-corrected chi connectivity index (χ3v) is 4.35. The molecule has 1 N–H and O–H groups in total. The zero-order chi connectivity index (χ0) is 14.7. The first-order valence-corrected chi connectivity index (χ1v) is 8.24. The van der Waals surface area contributed by atoms with Gasteiger partial charge in [0.15, 0.2) is 11.5 Å². The van der Waals surface area contributed by atoms with E-state index in [0.29, 0.717) is 5.41 Å². The highest BCUT2D eigenvalue weighted by molar-refractivity contribution is 5.43. The average molecular weight is 289 g/mol. The maximum Gasteiger partial charge on any atom is 0.161 e. The molecular weight excluding hydrogens is 262 g/mol. The van der Waals surface area contributed by atoms with E-state index in [1.807, 2.05) is 0 Å². The third kappa shape index (κ3) is 4.37. The number of ether oxygens (including phenoxy) is 2. The minimum Gasteiger partial charge on any atom is -0.490 e. The van der Waals surface area contributed by atoms with Gasteiger partial charge in [0.05, 0.1) is 13.2 Å². The molecule has 0 unspecified atom stereocenters. The molecule has 1 aliphatic carbocycles. The van der Waals surface area contributed by atoms with Crippen LogP contribution >= 0.6 is 0 Å². The highest BCUT2D eigenvalue weighted by Crippen LogP contribution is 2.32. The molecule has 2 aliphatic rings. The number of aryl methyl sites for hydroxylation is 1. The van der Waals surface area contributed by atoms with Gasteiger partial charge in [0.25, 0.3) is 0 Å². The highest BCUT2D eigenvalue weighted by atomic mass is 16.5. The summed E-state index contributed by atoms with van der Waals surface area (Å²) in [6.07, 6.45) is 5.96. The Kier molecular flexibility index (Phi) is 4.39. The number of hydrogen-bond acceptors (Lipinski definition) is 3. The van der Waals surface area contributed by atoms with Crippen LogP contribution in [0.15, 0.2) is 18.2 Å². The molecule has 1 aliphatic heterocycles. The van der Waals surface area contributed by atoms with Crippen LogP contribution in [-0.2, 0) is 6.42 Å². The van der Waals surface area contributed by atoms with Gasteiger partial charge < -0.3 is 14.8 Å². The van der Waals surface area contributed by atoms with E-state index in [9.17, 15) is 0 Å². The van der Waals surface area contributed by atoms with E-state index >= 15 is 0 Å². The topological polar surface area (TPSA) is 30.5 Å². The summed E-state index contributed by atoms with van der Waals surface area (Å²) in [6.45, 7) is 7.33. The smallest absolute Gasteiger partial charge is 0.161 e. The second-order valence-corrected chi connectivity index (χ2v) is 7.15.